The number of rotatable bonds is 6. The second-order valence-corrected chi connectivity index (χ2v) is 7.48. The Kier molecular flexibility index (Phi) is 6.55. The topological polar surface area (TPSA) is 60.0 Å². The molecule has 158 valence electrons. The van der Waals surface area contributed by atoms with Gasteiger partial charge in [-0.1, -0.05) is 54.7 Å². The molecule has 1 N–H and O–H groups in total. The molecule has 2 aromatic heterocycles. The van der Waals surface area contributed by atoms with Crippen molar-refractivity contribution < 1.29 is 9.47 Å². The minimum Gasteiger partial charge on any atom is -0.356 e. The molecule has 0 unspecified atom stereocenters. The fraction of sp³-hybridized carbons (Fsp3) is 0.231. The Labute approximate surface area is 183 Å². The number of H-pyrrole nitrogens is 1. The van der Waals surface area contributed by atoms with Crippen molar-refractivity contribution in [1.82, 2.24) is 15.2 Å². The van der Waals surface area contributed by atoms with Crippen LogP contribution in [0.2, 0.25) is 0 Å². The highest BCUT2D eigenvalue weighted by atomic mass is 16.7. The van der Waals surface area contributed by atoms with Crippen LogP contribution in [0.5, 0.6) is 0 Å². The highest BCUT2D eigenvalue weighted by Gasteiger charge is 2.16. The summed E-state index contributed by atoms with van der Waals surface area (Å²) in [6.07, 6.45) is 20.4. The molecule has 0 aromatic carbocycles. The Bertz CT molecular complexity index is 1130. The highest BCUT2D eigenvalue weighted by Crippen LogP contribution is 2.32. The van der Waals surface area contributed by atoms with Crippen molar-refractivity contribution in [2.75, 3.05) is 14.2 Å². The van der Waals surface area contributed by atoms with E-state index >= 15 is 0 Å². The SMILES string of the molecule is COC(CC1=C2/C=C/C=C(c3cn[nH]c3-c3cccc(C)n3)/C=C\C2=CCC=C1)OC. The van der Waals surface area contributed by atoms with Crippen LogP contribution in [0.4, 0.5) is 0 Å². The number of aromatic amines is 1. The molecular weight excluding hydrogens is 386 g/mol. The average Bonchev–Trinajstić information content (AvgIpc) is 3.17. The Morgan fingerprint density at radius 3 is 2.71 bits per heavy atom. The standard InChI is InChI=1S/C26H27N3O2/c1-18-8-6-13-24(28-18)26-23(17-27-29-26)20-11-7-12-22-19(14-15-20)9-4-5-10-21(22)16-25(30-2)31-3/h5-15,17,25H,4,16H2,1-3H3,(H,27,29)/b12-7+,15-14-,20-11-. The number of allylic oxidation sites excluding steroid dienone is 11. The summed E-state index contributed by atoms with van der Waals surface area (Å²) < 4.78 is 10.9. The van der Waals surface area contributed by atoms with Crippen LogP contribution in [0.25, 0.3) is 17.0 Å². The van der Waals surface area contributed by atoms with Crippen LogP contribution in [0.15, 0.2) is 89.7 Å². The Morgan fingerprint density at radius 2 is 1.90 bits per heavy atom. The Morgan fingerprint density at radius 1 is 1.06 bits per heavy atom. The molecule has 0 saturated carbocycles. The van der Waals surface area contributed by atoms with Crippen LogP contribution in [0.1, 0.15) is 24.1 Å². The zero-order valence-electron chi connectivity index (χ0n) is 18.1. The van der Waals surface area contributed by atoms with Crippen molar-refractivity contribution in [3.63, 3.8) is 0 Å². The fourth-order valence-corrected chi connectivity index (χ4v) is 3.82. The number of methoxy groups -OCH3 is 2. The Hall–Kier alpha value is -3.28. The molecule has 5 heteroatoms. The van der Waals surface area contributed by atoms with E-state index < -0.39 is 0 Å². The van der Waals surface area contributed by atoms with Crippen LogP contribution >= 0.6 is 0 Å². The van der Waals surface area contributed by atoms with Gasteiger partial charge in [-0.15, -0.1) is 0 Å². The molecule has 31 heavy (non-hydrogen) atoms. The van der Waals surface area contributed by atoms with Crippen molar-refractivity contribution in [3.8, 4) is 11.4 Å². The molecule has 0 radical (unpaired) electrons. The summed E-state index contributed by atoms with van der Waals surface area (Å²) in [5.41, 5.74) is 8.46. The maximum atomic E-state index is 5.43. The van der Waals surface area contributed by atoms with E-state index in [-0.39, 0.29) is 6.29 Å². The molecule has 0 spiro atoms. The summed E-state index contributed by atoms with van der Waals surface area (Å²) in [6, 6.07) is 6.01. The van der Waals surface area contributed by atoms with Gasteiger partial charge in [0.1, 0.15) is 0 Å². The van der Waals surface area contributed by atoms with E-state index in [9.17, 15) is 0 Å². The maximum Gasteiger partial charge on any atom is 0.160 e. The first-order chi connectivity index (χ1) is 15.2. The molecule has 4 rings (SSSR count). The largest absolute Gasteiger partial charge is 0.356 e. The van der Waals surface area contributed by atoms with E-state index in [0.29, 0.717) is 6.42 Å². The second-order valence-electron chi connectivity index (χ2n) is 7.48. The highest BCUT2D eigenvalue weighted by molar-refractivity contribution is 5.84. The quantitative estimate of drug-likeness (QED) is 0.637. The molecule has 0 amide bonds. The van der Waals surface area contributed by atoms with Crippen molar-refractivity contribution in [3.05, 3.63) is 101 Å². The first-order valence-corrected chi connectivity index (χ1v) is 10.4. The van der Waals surface area contributed by atoms with Crippen molar-refractivity contribution in [2.24, 2.45) is 0 Å². The van der Waals surface area contributed by atoms with Gasteiger partial charge in [-0.2, -0.15) is 5.10 Å². The monoisotopic (exact) mass is 413 g/mol. The minimum absolute atomic E-state index is 0.268. The molecule has 5 nitrogen and oxygen atoms in total. The third kappa shape index (κ3) is 4.74. The lowest BCUT2D eigenvalue weighted by molar-refractivity contribution is -0.0997. The number of aryl methyl sites for hydroxylation is 1. The number of nitrogens with one attached hydrogen (secondary N) is 1. The summed E-state index contributed by atoms with van der Waals surface area (Å²) in [5.74, 6) is 0. The van der Waals surface area contributed by atoms with Gasteiger partial charge >= 0.3 is 0 Å². The molecule has 2 aliphatic carbocycles. The van der Waals surface area contributed by atoms with Gasteiger partial charge in [-0.3, -0.25) is 10.1 Å². The third-order valence-electron chi connectivity index (χ3n) is 5.44. The van der Waals surface area contributed by atoms with E-state index in [0.717, 1.165) is 34.6 Å². The van der Waals surface area contributed by atoms with E-state index in [1.165, 1.54) is 16.7 Å². The second kappa shape index (κ2) is 9.69. The molecule has 0 aliphatic heterocycles. The number of hydrogen-bond acceptors (Lipinski definition) is 4. The Balaban J connectivity index is 1.71. The van der Waals surface area contributed by atoms with Gasteiger partial charge in [0, 0.05) is 31.9 Å². The minimum atomic E-state index is -0.268. The lowest BCUT2D eigenvalue weighted by Crippen LogP contribution is -2.14. The van der Waals surface area contributed by atoms with Crippen LogP contribution < -0.4 is 0 Å². The van der Waals surface area contributed by atoms with E-state index in [1.807, 2.05) is 31.3 Å². The summed E-state index contributed by atoms with van der Waals surface area (Å²) in [4.78, 5) is 4.65. The van der Waals surface area contributed by atoms with Gasteiger partial charge in [0.15, 0.2) is 6.29 Å². The molecule has 2 aromatic rings. The van der Waals surface area contributed by atoms with Crippen molar-refractivity contribution in [2.45, 2.75) is 26.1 Å². The molecule has 2 heterocycles. The first kappa shape index (κ1) is 21.0. The first-order valence-electron chi connectivity index (χ1n) is 10.4. The lowest BCUT2D eigenvalue weighted by atomic mass is 9.93. The third-order valence-corrected chi connectivity index (χ3v) is 5.44. The molecule has 0 bridgehead atoms. The van der Waals surface area contributed by atoms with Gasteiger partial charge in [0.25, 0.3) is 0 Å². The molecule has 0 saturated heterocycles. The van der Waals surface area contributed by atoms with E-state index in [2.05, 4.69) is 63.8 Å². The maximum absolute atomic E-state index is 5.43. The van der Waals surface area contributed by atoms with Gasteiger partial charge in [0.05, 0.1) is 17.6 Å². The number of fused-ring (bicyclic) bond motifs is 1. The number of hydrogen-bond donors (Lipinski definition) is 1. The van der Waals surface area contributed by atoms with Gasteiger partial charge < -0.3 is 9.47 Å². The van der Waals surface area contributed by atoms with Gasteiger partial charge in [-0.05, 0) is 47.8 Å². The zero-order valence-corrected chi connectivity index (χ0v) is 18.1. The smallest absolute Gasteiger partial charge is 0.160 e. The molecular formula is C26H27N3O2. The van der Waals surface area contributed by atoms with E-state index in [1.54, 1.807) is 14.2 Å². The number of aromatic nitrogens is 3. The fourth-order valence-electron chi connectivity index (χ4n) is 3.82. The van der Waals surface area contributed by atoms with Crippen LogP contribution in [0, 0.1) is 6.92 Å². The summed E-state index contributed by atoms with van der Waals surface area (Å²) >= 11 is 0. The molecule has 0 atom stereocenters. The van der Waals surface area contributed by atoms with E-state index in [4.69, 9.17) is 9.47 Å². The van der Waals surface area contributed by atoms with Crippen LogP contribution in [-0.2, 0) is 9.47 Å². The van der Waals surface area contributed by atoms with Crippen molar-refractivity contribution >= 4 is 5.57 Å². The number of ether oxygens (including phenoxy) is 2. The summed E-state index contributed by atoms with van der Waals surface area (Å²) in [7, 11) is 3.34. The molecule has 2 aliphatic rings. The van der Waals surface area contributed by atoms with Crippen LogP contribution in [-0.4, -0.2) is 35.7 Å². The average molecular weight is 414 g/mol. The predicted molar refractivity (Wildman–Crippen MR) is 124 cm³/mol. The molecule has 0 fully saturated rings. The number of pyridine rings is 1. The van der Waals surface area contributed by atoms with Crippen LogP contribution in [0.3, 0.4) is 0 Å². The predicted octanol–water partition coefficient (Wildman–Crippen LogP) is 5.48. The van der Waals surface area contributed by atoms with Crippen molar-refractivity contribution in [1.29, 1.82) is 0 Å². The summed E-state index contributed by atoms with van der Waals surface area (Å²) in [5, 5.41) is 7.41. The zero-order chi connectivity index (χ0) is 21.6. The summed E-state index contributed by atoms with van der Waals surface area (Å²) in [6.45, 7) is 1.99. The van der Waals surface area contributed by atoms with Gasteiger partial charge in [0.2, 0.25) is 0 Å². The normalized spacial score (nSPS) is 19.7. The lowest BCUT2D eigenvalue weighted by Gasteiger charge is -2.17. The van der Waals surface area contributed by atoms with Gasteiger partial charge in [-0.25, -0.2) is 0 Å². The number of nitrogens with zero attached hydrogens (tertiary/aromatic N) is 2.